The first-order valence-corrected chi connectivity index (χ1v) is 13.0. The first-order valence-electron chi connectivity index (χ1n) is 12.5. The molecule has 10 heteroatoms. The smallest absolute Gasteiger partial charge is 0.228 e. The predicted molar refractivity (Wildman–Crippen MR) is 150 cm³/mol. The number of fused-ring (bicyclic) bond motifs is 1. The van der Waals surface area contributed by atoms with E-state index in [9.17, 15) is 0 Å². The number of aromatic nitrogens is 5. The average Bonchev–Trinajstić information content (AvgIpc) is 3.36. The Kier molecular flexibility index (Phi) is 7.12. The Morgan fingerprint density at radius 1 is 0.868 bits per heavy atom. The lowest BCUT2D eigenvalue weighted by Crippen LogP contribution is -2.35. The molecule has 0 spiro atoms. The minimum atomic E-state index is 0.492. The van der Waals surface area contributed by atoms with Crippen molar-refractivity contribution in [3.8, 4) is 11.3 Å². The molecule has 6 rings (SSSR count). The van der Waals surface area contributed by atoms with Gasteiger partial charge in [-0.3, -0.25) is 4.90 Å². The highest BCUT2D eigenvalue weighted by Crippen LogP contribution is 2.25. The molecule has 4 heterocycles. The number of aromatic amines is 1. The van der Waals surface area contributed by atoms with Gasteiger partial charge < -0.3 is 20.4 Å². The first kappa shape index (κ1) is 24.3. The number of rotatable bonds is 8. The molecule has 1 aliphatic rings. The van der Waals surface area contributed by atoms with Crippen LogP contribution in [0.2, 0.25) is 0 Å². The van der Waals surface area contributed by atoms with E-state index < -0.39 is 0 Å². The van der Waals surface area contributed by atoms with Crippen LogP contribution in [0, 0.1) is 0 Å². The van der Waals surface area contributed by atoms with Gasteiger partial charge in [0.1, 0.15) is 5.82 Å². The van der Waals surface area contributed by atoms with Crippen molar-refractivity contribution in [2.24, 2.45) is 0 Å². The van der Waals surface area contributed by atoms with Crippen LogP contribution in [0.25, 0.3) is 22.3 Å². The van der Waals surface area contributed by atoms with Gasteiger partial charge in [0.2, 0.25) is 11.9 Å². The summed E-state index contributed by atoms with van der Waals surface area (Å²) in [4.78, 5) is 24.0. The normalized spacial score (nSPS) is 14.0. The number of halogens is 1. The molecule has 5 aromatic rings. The van der Waals surface area contributed by atoms with Crippen molar-refractivity contribution in [2.75, 3.05) is 36.9 Å². The number of ether oxygens (including phenoxy) is 1. The number of hydrogen-bond donors (Lipinski definition) is 3. The summed E-state index contributed by atoms with van der Waals surface area (Å²) < 4.78 is 5.45. The Morgan fingerprint density at radius 2 is 1.71 bits per heavy atom. The molecule has 0 atom stereocenters. The lowest BCUT2D eigenvalue weighted by Gasteiger charge is -2.26. The fraction of sp³-hybridized carbons (Fsp3) is 0.214. The maximum Gasteiger partial charge on any atom is 0.228 e. The molecule has 192 valence electrons. The van der Waals surface area contributed by atoms with E-state index in [2.05, 4.69) is 35.5 Å². The number of imidazole rings is 1. The molecular formula is C28H27ClN8O. The van der Waals surface area contributed by atoms with Crippen LogP contribution >= 0.6 is 11.6 Å². The summed E-state index contributed by atoms with van der Waals surface area (Å²) >= 11 is 5.89. The summed E-state index contributed by atoms with van der Waals surface area (Å²) in [6.07, 6.45) is 3.56. The Balaban J connectivity index is 1.17. The number of H-pyrrole nitrogens is 1. The third-order valence-corrected chi connectivity index (χ3v) is 6.69. The number of nitrogens with zero attached hydrogens (tertiary/aromatic N) is 5. The largest absolute Gasteiger partial charge is 0.379 e. The molecule has 0 bridgehead atoms. The number of nitrogens with one attached hydrogen (secondary N) is 3. The van der Waals surface area contributed by atoms with Crippen molar-refractivity contribution in [1.29, 1.82) is 0 Å². The molecular weight excluding hydrogens is 500 g/mol. The van der Waals surface area contributed by atoms with Gasteiger partial charge in [0, 0.05) is 49.2 Å². The van der Waals surface area contributed by atoms with Gasteiger partial charge >= 0.3 is 0 Å². The van der Waals surface area contributed by atoms with Crippen LogP contribution < -0.4 is 10.6 Å². The molecule has 1 fully saturated rings. The van der Waals surface area contributed by atoms with E-state index in [-0.39, 0.29) is 0 Å². The lowest BCUT2D eigenvalue weighted by atomic mass is 10.1. The highest BCUT2D eigenvalue weighted by atomic mass is 35.5. The Labute approximate surface area is 225 Å². The van der Waals surface area contributed by atoms with Crippen molar-refractivity contribution in [1.82, 2.24) is 29.8 Å². The molecule has 1 saturated heterocycles. The summed E-state index contributed by atoms with van der Waals surface area (Å²) in [7, 11) is 0. The summed E-state index contributed by atoms with van der Waals surface area (Å²) in [5, 5.41) is 6.56. The molecule has 0 radical (unpaired) electrons. The minimum Gasteiger partial charge on any atom is -0.379 e. The van der Waals surface area contributed by atoms with Crippen LogP contribution in [0.15, 0.2) is 73.1 Å². The van der Waals surface area contributed by atoms with Crippen LogP contribution in [-0.2, 0) is 17.2 Å². The average molecular weight is 527 g/mol. The van der Waals surface area contributed by atoms with Crippen molar-refractivity contribution in [3.05, 3.63) is 84.2 Å². The van der Waals surface area contributed by atoms with Gasteiger partial charge in [0.15, 0.2) is 0 Å². The first-order chi connectivity index (χ1) is 18.7. The van der Waals surface area contributed by atoms with Crippen molar-refractivity contribution in [2.45, 2.75) is 12.4 Å². The monoisotopic (exact) mass is 526 g/mol. The van der Waals surface area contributed by atoms with Gasteiger partial charge in [0.25, 0.3) is 0 Å². The van der Waals surface area contributed by atoms with E-state index >= 15 is 0 Å². The summed E-state index contributed by atoms with van der Waals surface area (Å²) in [5.41, 5.74) is 6.72. The molecule has 0 saturated carbocycles. The Morgan fingerprint density at radius 3 is 2.55 bits per heavy atom. The maximum absolute atomic E-state index is 5.89. The number of morpholine rings is 1. The van der Waals surface area contributed by atoms with Crippen molar-refractivity contribution < 1.29 is 4.74 Å². The molecule has 0 amide bonds. The number of pyridine rings is 1. The number of hydrogen-bond acceptors (Lipinski definition) is 8. The van der Waals surface area contributed by atoms with Gasteiger partial charge in [-0.15, -0.1) is 11.6 Å². The number of anilines is 4. The van der Waals surface area contributed by atoms with Crippen molar-refractivity contribution in [3.63, 3.8) is 0 Å². The van der Waals surface area contributed by atoms with Gasteiger partial charge in [-0.25, -0.2) is 19.9 Å². The van der Waals surface area contributed by atoms with Crippen LogP contribution in [0.4, 0.5) is 23.4 Å². The van der Waals surface area contributed by atoms with Crippen LogP contribution in [0.3, 0.4) is 0 Å². The van der Waals surface area contributed by atoms with E-state index in [4.69, 9.17) is 21.3 Å². The van der Waals surface area contributed by atoms with Crippen molar-refractivity contribution >= 4 is 46.0 Å². The molecule has 3 N–H and O–H groups in total. The highest BCUT2D eigenvalue weighted by Gasteiger charge is 2.12. The van der Waals surface area contributed by atoms with Gasteiger partial charge in [-0.1, -0.05) is 18.2 Å². The van der Waals surface area contributed by atoms with Gasteiger partial charge in [-0.05, 0) is 53.6 Å². The quantitative estimate of drug-likeness (QED) is 0.229. The van der Waals surface area contributed by atoms with Gasteiger partial charge in [0.05, 0.1) is 29.9 Å². The third kappa shape index (κ3) is 5.75. The van der Waals surface area contributed by atoms with Crippen LogP contribution in [-0.4, -0.2) is 56.1 Å². The zero-order chi connectivity index (χ0) is 25.7. The molecule has 38 heavy (non-hydrogen) atoms. The number of benzene rings is 2. The van der Waals surface area contributed by atoms with Crippen LogP contribution in [0.1, 0.15) is 11.1 Å². The predicted octanol–water partition coefficient (Wildman–Crippen LogP) is 5.47. The maximum atomic E-state index is 5.89. The SMILES string of the molecule is ClCc1ccc(Nc2nc3ccc(-c4ccnc(Nc5cc(CN6CCOCC6)ccn5)n4)cc3[nH]2)cc1. The van der Waals surface area contributed by atoms with E-state index in [1.54, 1.807) is 6.20 Å². The van der Waals surface area contributed by atoms with Gasteiger partial charge in [-0.2, -0.15) is 0 Å². The molecule has 1 aliphatic heterocycles. The Bertz CT molecular complexity index is 1530. The minimum absolute atomic E-state index is 0.492. The molecule has 2 aromatic carbocycles. The lowest BCUT2D eigenvalue weighted by molar-refractivity contribution is 0.0342. The summed E-state index contributed by atoms with van der Waals surface area (Å²) in [6.45, 7) is 4.30. The second-order valence-electron chi connectivity index (χ2n) is 9.10. The zero-order valence-electron chi connectivity index (χ0n) is 20.7. The standard InChI is InChI=1S/C28H27ClN8O/c29-17-19-1-4-22(5-2-19)32-28-34-24-6-3-21(16-25(24)35-28)23-8-10-31-27(33-23)36-26-15-20(7-9-30-26)18-37-11-13-38-14-12-37/h1-10,15-16H,11-14,17-18H2,(H2,32,34,35)(H,30,31,33,36). The van der Waals surface area contributed by atoms with Crippen LogP contribution in [0.5, 0.6) is 0 Å². The molecule has 0 unspecified atom stereocenters. The Hall–Kier alpha value is -4.05. The third-order valence-electron chi connectivity index (χ3n) is 6.38. The number of alkyl halides is 1. The molecule has 9 nitrogen and oxygen atoms in total. The van der Waals surface area contributed by atoms with E-state index in [0.717, 1.165) is 66.4 Å². The summed E-state index contributed by atoms with van der Waals surface area (Å²) in [5.74, 6) is 2.37. The zero-order valence-corrected chi connectivity index (χ0v) is 21.4. The van der Waals surface area contributed by atoms with E-state index in [1.807, 2.05) is 66.9 Å². The topological polar surface area (TPSA) is 104 Å². The van der Waals surface area contributed by atoms with E-state index in [0.29, 0.717) is 23.6 Å². The molecule has 3 aromatic heterocycles. The fourth-order valence-corrected chi connectivity index (χ4v) is 4.57. The second-order valence-corrected chi connectivity index (χ2v) is 9.37. The second kappa shape index (κ2) is 11.1. The summed E-state index contributed by atoms with van der Waals surface area (Å²) in [6, 6.07) is 20.0. The molecule has 0 aliphatic carbocycles. The van der Waals surface area contributed by atoms with E-state index in [1.165, 1.54) is 5.56 Å². The highest BCUT2D eigenvalue weighted by molar-refractivity contribution is 6.17. The fourth-order valence-electron chi connectivity index (χ4n) is 4.39.